The Morgan fingerprint density at radius 2 is 1.83 bits per heavy atom. The Kier molecular flexibility index (Phi) is 5.56. The van der Waals surface area contributed by atoms with E-state index in [0.29, 0.717) is 5.69 Å². The van der Waals surface area contributed by atoms with Crippen LogP contribution in [-0.2, 0) is 4.79 Å². The van der Waals surface area contributed by atoms with Crippen molar-refractivity contribution in [2.75, 3.05) is 6.61 Å². The molecule has 0 aliphatic rings. The van der Waals surface area contributed by atoms with E-state index in [0.717, 1.165) is 5.56 Å². The highest BCUT2D eigenvalue weighted by Crippen LogP contribution is 2.16. The van der Waals surface area contributed by atoms with E-state index in [9.17, 15) is 14.7 Å². The number of hydrogen-bond donors (Lipinski definition) is 3. The average molecular weight is 314 g/mol. The third-order valence-corrected chi connectivity index (χ3v) is 3.32. The summed E-state index contributed by atoms with van der Waals surface area (Å²) in [6.45, 7) is 0.611. The second kappa shape index (κ2) is 7.62. The predicted molar refractivity (Wildman–Crippen MR) is 84.7 cm³/mol. The number of Topliss-reactive ketones (excluding diaryl/α,β-unsaturated/α-hetero) is 1. The van der Waals surface area contributed by atoms with Crippen LogP contribution in [0, 0.1) is 0 Å². The van der Waals surface area contributed by atoms with Crippen molar-refractivity contribution in [1.29, 1.82) is 0 Å². The Balaban J connectivity index is 2.21. The van der Waals surface area contributed by atoms with Crippen molar-refractivity contribution in [1.82, 2.24) is 10.3 Å². The molecule has 0 spiro atoms. The van der Waals surface area contributed by atoms with Gasteiger partial charge in [-0.3, -0.25) is 9.59 Å². The number of nitrogens with zero attached hydrogens (tertiary/aromatic N) is 1. The molecule has 1 amide bonds. The Hall–Kier alpha value is -2.57. The van der Waals surface area contributed by atoms with Crippen LogP contribution in [-0.4, -0.2) is 45.6 Å². The molecule has 6 heteroatoms. The minimum absolute atomic E-state index is 0.128. The summed E-state index contributed by atoms with van der Waals surface area (Å²) in [7, 11) is 0. The fraction of sp³-hybridized carbons (Fsp3) is 0.235. The van der Waals surface area contributed by atoms with Gasteiger partial charge >= 0.3 is 0 Å². The monoisotopic (exact) mass is 314 g/mol. The van der Waals surface area contributed by atoms with Gasteiger partial charge in [0, 0.05) is 5.56 Å². The van der Waals surface area contributed by atoms with Crippen LogP contribution < -0.4 is 5.32 Å². The summed E-state index contributed by atoms with van der Waals surface area (Å²) in [5.41, 5.74) is 1.61. The van der Waals surface area contributed by atoms with Gasteiger partial charge in [-0.1, -0.05) is 36.4 Å². The topological polar surface area (TPSA) is 99.5 Å². The molecule has 2 rings (SSSR count). The van der Waals surface area contributed by atoms with Crippen molar-refractivity contribution in [2.24, 2.45) is 0 Å². The summed E-state index contributed by atoms with van der Waals surface area (Å²) < 4.78 is 0. The average Bonchev–Trinajstić information content (AvgIpc) is 2.59. The van der Waals surface area contributed by atoms with Gasteiger partial charge in [-0.2, -0.15) is 0 Å². The standard InChI is InChI=1S/C17H18N2O4/c1-11(21)16(15(22)10-20)19-17(23)14-9-5-8-13(18-14)12-6-3-2-4-7-12/h2-9,11,16,20-21H,10H2,1H3,(H,19,23)/t11-,16+/m1/s1. The van der Waals surface area contributed by atoms with Gasteiger partial charge < -0.3 is 15.5 Å². The van der Waals surface area contributed by atoms with Gasteiger partial charge in [0.2, 0.25) is 0 Å². The summed E-state index contributed by atoms with van der Waals surface area (Å²) in [4.78, 5) is 28.1. The fourth-order valence-corrected chi connectivity index (χ4v) is 2.11. The zero-order valence-electron chi connectivity index (χ0n) is 12.6. The van der Waals surface area contributed by atoms with Crippen LogP contribution in [0.1, 0.15) is 17.4 Å². The highest BCUT2D eigenvalue weighted by atomic mass is 16.3. The second-order valence-electron chi connectivity index (χ2n) is 5.09. The predicted octanol–water partition coefficient (Wildman–Crippen LogP) is 0.789. The second-order valence-corrected chi connectivity index (χ2v) is 5.09. The minimum atomic E-state index is -1.17. The van der Waals surface area contributed by atoms with Crippen molar-refractivity contribution in [3.63, 3.8) is 0 Å². The maximum atomic E-state index is 12.2. The molecule has 0 aliphatic carbocycles. The van der Waals surface area contributed by atoms with Gasteiger partial charge in [0.25, 0.3) is 5.91 Å². The number of ketones is 1. The highest BCUT2D eigenvalue weighted by molar-refractivity contribution is 5.97. The van der Waals surface area contributed by atoms with Crippen molar-refractivity contribution in [3.8, 4) is 11.3 Å². The lowest BCUT2D eigenvalue weighted by atomic mass is 10.1. The van der Waals surface area contributed by atoms with Crippen LogP contribution in [0.25, 0.3) is 11.3 Å². The molecule has 120 valence electrons. The number of aliphatic hydroxyl groups is 2. The van der Waals surface area contributed by atoms with E-state index in [1.807, 2.05) is 30.3 Å². The number of carbonyl (C=O) groups is 2. The number of aliphatic hydroxyl groups excluding tert-OH is 2. The van der Waals surface area contributed by atoms with Crippen LogP contribution >= 0.6 is 0 Å². The molecule has 0 saturated carbocycles. The first-order chi connectivity index (χ1) is 11.0. The summed E-state index contributed by atoms with van der Waals surface area (Å²) in [6.07, 6.45) is -1.11. The molecule has 0 saturated heterocycles. The lowest BCUT2D eigenvalue weighted by molar-refractivity contribution is -0.125. The summed E-state index contributed by atoms with van der Waals surface area (Å²) in [5, 5.41) is 20.9. The molecule has 23 heavy (non-hydrogen) atoms. The van der Waals surface area contributed by atoms with Gasteiger partial charge in [0.1, 0.15) is 18.3 Å². The SMILES string of the molecule is C[C@@H](O)[C@H](NC(=O)c1cccc(-c2ccccc2)n1)C(=O)CO. The fourth-order valence-electron chi connectivity index (χ4n) is 2.11. The Morgan fingerprint density at radius 3 is 2.43 bits per heavy atom. The third kappa shape index (κ3) is 4.21. The number of hydrogen-bond acceptors (Lipinski definition) is 5. The molecule has 6 nitrogen and oxygen atoms in total. The zero-order valence-corrected chi connectivity index (χ0v) is 12.6. The highest BCUT2D eigenvalue weighted by Gasteiger charge is 2.25. The Morgan fingerprint density at radius 1 is 1.13 bits per heavy atom. The summed E-state index contributed by atoms with van der Waals surface area (Å²) in [6, 6.07) is 13.2. The number of nitrogens with one attached hydrogen (secondary N) is 1. The first kappa shape index (κ1) is 16.8. The van der Waals surface area contributed by atoms with E-state index in [-0.39, 0.29) is 5.69 Å². The lowest BCUT2D eigenvalue weighted by Crippen LogP contribution is -2.49. The van der Waals surface area contributed by atoms with Gasteiger partial charge in [-0.15, -0.1) is 0 Å². The van der Waals surface area contributed by atoms with Gasteiger partial charge in [0.05, 0.1) is 11.8 Å². The Labute approximate surface area is 133 Å². The van der Waals surface area contributed by atoms with Crippen LogP contribution in [0.15, 0.2) is 48.5 Å². The van der Waals surface area contributed by atoms with Gasteiger partial charge in [0.15, 0.2) is 5.78 Å². The molecule has 0 radical (unpaired) electrons. The molecule has 1 aromatic carbocycles. The number of aromatic nitrogens is 1. The lowest BCUT2D eigenvalue weighted by Gasteiger charge is -2.19. The quantitative estimate of drug-likeness (QED) is 0.732. The molecule has 1 aromatic heterocycles. The largest absolute Gasteiger partial charge is 0.391 e. The number of benzene rings is 1. The van der Waals surface area contributed by atoms with Crippen LogP contribution in [0.2, 0.25) is 0 Å². The molecular formula is C17H18N2O4. The number of carbonyl (C=O) groups excluding carboxylic acids is 2. The summed E-state index contributed by atoms with van der Waals surface area (Å²) in [5.74, 6) is -1.25. The maximum Gasteiger partial charge on any atom is 0.270 e. The van der Waals surface area contributed by atoms with E-state index in [1.54, 1.807) is 12.1 Å². The molecule has 2 aromatic rings. The Bertz CT molecular complexity index is 686. The molecule has 1 heterocycles. The molecule has 2 atom stereocenters. The van der Waals surface area contributed by atoms with Crippen LogP contribution in [0.4, 0.5) is 0 Å². The molecular weight excluding hydrogens is 296 g/mol. The van der Waals surface area contributed by atoms with Gasteiger partial charge in [-0.25, -0.2) is 4.98 Å². The van der Waals surface area contributed by atoms with Crippen molar-refractivity contribution < 1.29 is 19.8 Å². The van der Waals surface area contributed by atoms with Crippen LogP contribution in [0.3, 0.4) is 0 Å². The summed E-state index contributed by atoms with van der Waals surface area (Å²) >= 11 is 0. The molecule has 0 unspecified atom stereocenters. The number of pyridine rings is 1. The number of rotatable bonds is 6. The van der Waals surface area contributed by atoms with Crippen LogP contribution in [0.5, 0.6) is 0 Å². The smallest absolute Gasteiger partial charge is 0.270 e. The first-order valence-electron chi connectivity index (χ1n) is 7.18. The first-order valence-corrected chi connectivity index (χ1v) is 7.18. The minimum Gasteiger partial charge on any atom is -0.391 e. The van der Waals surface area contributed by atoms with E-state index in [4.69, 9.17) is 5.11 Å². The van der Waals surface area contributed by atoms with Crippen molar-refractivity contribution >= 4 is 11.7 Å². The maximum absolute atomic E-state index is 12.2. The molecule has 0 aliphatic heterocycles. The molecule has 0 fully saturated rings. The van der Waals surface area contributed by atoms with E-state index < -0.39 is 30.4 Å². The molecule has 0 bridgehead atoms. The van der Waals surface area contributed by atoms with Crippen molar-refractivity contribution in [3.05, 3.63) is 54.2 Å². The number of amides is 1. The van der Waals surface area contributed by atoms with Crippen molar-refractivity contribution in [2.45, 2.75) is 19.1 Å². The third-order valence-electron chi connectivity index (χ3n) is 3.32. The van der Waals surface area contributed by atoms with E-state index >= 15 is 0 Å². The molecule has 3 N–H and O–H groups in total. The van der Waals surface area contributed by atoms with Gasteiger partial charge in [-0.05, 0) is 19.1 Å². The van der Waals surface area contributed by atoms with E-state index in [1.165, 1.54) is 13.0 Å². The van der Waals surface area contributed by atoms with E-state index in [2.05, 4.69) is 10.3 Å². The zero-order chi connectivity index (χ0) is 16.8. The normalized spacial score (nSPS) is 13.2.